The third kappa shape index (κ3) is 2.13. The largest absolute Gasteiger partial charge is 0.207 e. The van der Waals surface area contributed by atoms with Crippen molar-refractivity contribution in [3.8, 4) is 6.07 Å². The van der Waals surface area contributed by atoms with E-state index in [0.29, 0.717) is 0 Å². The van der Waals surface area contributed by atoms with E-state index in [0.717, 1.165) is 29.6 Å². The molecule has 2 heteroatoms. The number of nitrogens with zero attached hydrogens (tertiary/aromatic N) is 1. The van der Waals surface area contributed by atoms with Crippen LogP contribution in [0.5, 0.6) is 0 Å². The molecule has 1 aromatic carbocycles. The molecule has 0 saturated heterocycles. The number of hydrogen-bond acceptors (Lipinski definition) is 1. The van der Waals surface area contributed by atoms with Gasteiger partial charge >= 0.3 is 0 Å². The van der Waals surface area contributed by atoms with Crippen LogP contribution in [0.25, 0.3) is 5.57 Å². The maximum atomic E-state index is 13.0. The Hall–Kier alpha value is -1.88. The van der Waals surface area contributed by atoms with Gasteiger partial charge in [-0.1, -0.05) is 18.2 Å². The number of rotatable bonds is 1. The first-order chi connectivity index (χ1) is 7.29. The van der Waals surface area contributed by atoms with E-state index in [1.165, 1.54) is 12.1 Å². The summed E-state index contributed by atoms with van der Waals surface area (Å²) >= 11 is 0. The highest BCUT2D eigenvalue weighted by molar-refractivity contribution is 5.76. The second-order valence-electron chi connectivity index (χ2n) is 3.49. The van der Waals surface area contributed by atoms with Crippen molar-refractivity contribution in [1.29, 1.82) is 5.26 Å². The fourth-order valence-corrected chi connectivity index (χ4v) is 1.66. The van der Waals surface area contributed by atoms with Crippen molar-refractivity contribution in [2.24, 2.45) is 0 Å². The number of hydrogen-bond donors (Lipinski definition) is 0. The first-order valence-electron chi connectivity index (χ1n) is 4.86. The van der Waals surface area contributed by atoms with Gasteiger partial charge in [-0.15, -0.1) is 0 Å². The van der Waals surface area contributed by atoms with Crippen molar-refractivity contribution in [3.63, 3.8) is 0 Å². The molecular formula is C13H10FN. The Morgan fingerprint density at radius 3 is 2.93 bits per heavy atom. The molecule has 0 spiro atoms. The minimum Gasteiger partial charge on any atom is -0.207 e. The SMILES string of the molecule is N#CC1=CC(c2cccc(F)c2)=CCC1. The average Bonchev–Trinajstić information content (AvgIpc) is 2.29. The van der Waals surface area contributed by atoms with Crippen LogP contribution in [0.3, 0.4) is 0 Å². The Labute approximate surface area is 88.2 Å². The van der Waals surface area contributed by atoms with Gasteiger partial charge in [-0.05, 0) is 42.2 Å². The fraction of sp³-hybridized carbons (Fsp3) is 0.154. The molecular weight excluding hydrogens is 189 g/mol. The molecule has 1 aliphatic carbocycles. The van der Waals surface area contributed by atoms with Crippen molar-refractivity contribution < 1.29 is 4.39 Å². The zero-order chi connectivity index (χ0) is 10.7. The van der Waals surface area contributed by atoms with Gasteiger partial charge in [0.1, 0.15) is 5.82 Å². The molecule has 0 bridgehead atoms. The van der Waals surface area contributed by atoms with Gasteiger partial charge in [0.2, 0.25) is 0 Å². The molecule has 0 radical (unpaired) electrons. The van der Waals surface area contributed by atoms with Crippen LogP contribution in [0.4, 0.5) is 4.39 Å². The molecule has 15 heavy (non-hydrogen) atoms. The molecule has 0 aromatic heterocycles. The molecule has 0 heterocycles. The van der Waals surface area contributed by atoms with E-state index in [-0.39, 0.29) is 5.82 Å². The third-order valence-corrected chi connectivity index (χ3v) is 2.41. The van der Waals surface area contributed by atoms with Gasteiger partial charge in [-0.2, -0.15) is 5.26 Å². The van der Waals surface area contributed by atoms with Crippen LogP contribution in [0.2, 0.25) is 0 Å². The Morgan fingerprint density at radius 2 is 2.20 bits per heavy atom. The number of nitriles is 1. The summed E-state index contributed by atoms with van der Waals surface area (Å²) in [6, 6.07) is 8.59. The van der Waals surface area contributed by atoms with Crippen LogP contribution in [0, 0.1) is 17.1 Å². The Morgan fingerprint density at radius 1 is 1.33 bits per heavy atom. The van der Waals surface area contributed by atoms with Crippen LogP contribution in [0.1, 0.15) is 18.4 Å². The van der Waals surface area contributed by atoms with Crippen LogP contribution in [0.15, 0.2) is 42.0 Å². The summed E-state index contributed by atoms with van der Waals surface area (Å²) in [5, 5.41) is 8.79. The quantitative estimate of drug-likeness (QED) is 0.679. The zero-order valence-corrected chi connectivity index (χ0v) is 8.20. The van der Waals surface area contributed by atoms with E-state index < -0.39 is 0 Å². The summed E-state index contributed by atoms with van der Waals surface area (Å²) < 4.78 is 13.0. The van der Waals surface area contributed by atoms with Crippen molar-refractivity contribution >= 4 is 5.57 Å². The molecule has 0 unspecified atom stereocenters. The minimum absolute atomic E-state index is 0.245. The second-order valence-corrected chi connectivity index (χ2v) is 3.49. The van der Waals surface area contributed by atoms with Gasteiger partial charge in [-0.3, -0.25) is 0 Å². The molecule has 0 saturated carbocycles. The molecule has 1 nitrogen and oxygen atoms in total. The first-order valence-corrected chi connectivity index (χ1v) is 4.86. The van der Waals surface area contributed by atoms with Crippen LogP contribution < -0.4 is 0 Å². The summed E-state index contributed by atoms with van der Waals surface area (Å²) in [7, 11) is 0. The lowest BCUT2D eigenvalue weighted by Gasteiger charge is -2.09. The highest BCUT2D eigenvalue weighted by atomic mass is 19.1. The standard InChI is InChI=1S/C13H10FN/c14-13-6-2-5-12(8-13)11-4-1-3-10(7-11)9-15/h2,4-8H,1,3H2. The van der Waals surface area contributed by atoms with Crippen molar-refractivity contribution in [2.75, 3.05) is 0 Å². The maximum absolute atomic E-state index is 13.0. The summed E-state index contributed by atoms with van der Waals surface area (Å²) in [6.45, 7) is 0. The number of allylic oxidation sites excluding steroid dienone is 4. The fourth-order valence-electron chi connectivity index (χ4n) is 1.66. The molecule has 1 aliphatic rings. The first kappa shape index (κ1) is 9.67. The number of halogens is 1. The van der Waals surface area contributed by atoms with Crippen LogP contribution in [-0.4, -0.2) is 0 Å². The number of benzene rings is 1. The Balaban J connectivity index is 2.37. The normalized spacial score (nSPS) is 15.2. The minimum atomic E-state index is -0.245. The molecule has 0 fully saturated rings. The lowest BCUT2D eigenvalue weighted by Crippen LogP contribution is -1.91. The zero-order valence-electron chi connectivity index (χ0n) is 8.20. The predicted molar refractivity (Wildman–Crippen MR) is 57.3 cm³/mol. The van der Waals surface area contributed by atoms with Crippen molar-refractivity contribution in [3.05, 3.63) is 53.4 Å². The smallest absolute Gasteiger partial charge is 0.123 e. The van der Waals surface area contributed by atoms with Gasteiger partial charge in [0.15, 0.2) is 0 Å². The molecule has 0 N–H and O–H groups in total. The molecule has 2 rings (SSSR count). The summed E-state index contributed by atoms with van der Waals surface area (Å²) in [5.74, 6) is -0.245. The van der Waals surface area contributed by atoms with E-state index >= 15 is 0 Å². The summed E-state index contributed by atoms with van der Waals surface area (Å²) in [5.41, 5.74) is 2.54. The molecule has 0 atom stereocenters. The van der Waals surface area contributed by atoms with Gasteiger partial charge in [0, 0.05) is 5.57 Å². The lowest BCUT2D eigenvalue weighted by molar-refractivity contribution is 0.627. The summed E-state index contributed by atoms with van der Waals surface area (Å²) in [4.78, 5) is 0. The molecule has 0 aliphatic heterocycles. The second kappa shape index (κ2) is 4.10. The van der Waals surface area contributed by atoms with Crippen molar-refractivity contribution in [2.45, 2.75) is 12.8 Å². The highest BCUT2D eigenvalue weighted by Gasteiger charge is 2.07. The average molecular weight is 199 g/mol. The van der Waals surface area contributed by atoms with Gasteiger partial charge in [0.05, 0.1) is 6.07 Å². The maximum Gasteiger partial charge on any atom is 0.123 e. The predicted octanol–water partition coefficient (Wildman–Crippen LogP) is 3.45. The lowest BCUT2D eigenvalue weighted by atomic mass is 9.95. The van der Waals surface area contributed by atoms with Crippen LogP contribution >= 0.6 is 0 Å². The van der Waals surface area contributed by atoms with Gasteiger partial charge in [-0.25, -0.2) is 4.39 Å². The highest BCUT2D eigenvalue weighted by Crippen LogP contribution is 2.25. The van der Waals surface area contributed by atoms with E-state index in [4.69, 9.17) is 5.26 Å². The molecule has 74 valence electrons. The van der Waals surface area contributed by atoms with E-state index in [1.54, 1.807) is 6.07 Å². The topological polar surface area (TPSA) is 23.8 Å². The van der Waals surface area contributed by atoms with Gasteiger partial charge < -0.3 is 0 Å². The van der Waals surface area contributed by atoms with Crippen molar-refractivity contribution in [1.82, 2.24) is 0 Å². The molecule has 1 aromatic rings. The monoisotopic (exact) mass is 199 g/mol. The van der Waals surface area contributed by atoms with E-state index in [9.17, 15) is 4.39 Å². The van der Waals surface area contributed by atoms with Crippen LogP contribution in [-0.2, 0) is 0 Å². The van der Waals surface area contributed by atoms with E-state index in [2.05, 4.69) is 6.07 Å². The Bertz CT molecular complexity index is 478. The Kier molecular flexibility index (Phi) is 2.64. The third-order valence-electron chi connectivity index (χ3n) is 2.41. The van der Waals surface area contributed by atoms with Gasteiger partial charge in [0.25, 0.3) is 0 Å². The van der Waals surface area contributed by atoms with E-state index in [1.807, 2.05) is 18.2 Å². The summed E-state index contributed by atoms with van der Waals surface area (Å²) in [6.07, 6.45) is 5.51. The molecule has 0 amide bonds.